The number of nitrogens with zero attached hydrogens (tertiary/aromatic N) is 4. The number of hydrogen-bond donors (Lipinski definition) is 0. The highest BCUT2D eigenvalue weighted by Gasteiger charge is 2.13. The van der Waals surface area contributed by atoms with Gasteiger partial charge in [-0.05, 0) is 97.0 Å². The maximum absolute atomic E-state index is 5.21. The van der Waals surface area contributed by atoms with Crippen LogP contribution in [0.5, 0.6) is 0 Å². The summed E-state index contributed by atoms with van der Waals surface area (Å²) in [6.45, 7) is 0. The van der Waals surface area contributed by atoms with E-state index in [1.165, 1.54) is 37.9 Å². The Labute approximate surface area is 333 Å². The Morgan fingerprint density at radius 2 is 0.776 bits per heavy atom. The van der Waals surface area contributed by atoms with E-state index in [0.717, 1.165) is 82.8 Å². The van der Waals surface area contributed by atoms with E-state index in [2.05, 4.69) is 181 Å². The first kappa shape index (κ1) is 32.4. The van der Waals surface area contributed by atoms with Crippen molar-refractivity contribution >= 4 is 75.9 Å². The molecule has 0 aliphatic carbocycles. The molecule has 0 saturated heterocycles. The lowest BCUT2D eigenvalue weighted by atomic mass is 9.92. The molecule has 0 radical (unpaired) electrons. The molecule has 0 unspecified atom stereocenters. The molecule has 0 aliphatic rings. The van der Waals surface area contributed by atoms with Crippen LogP contribution in [0.3, 0.4) is 0 Å². The molecule has 0 amide bonds. The van der Waals surface area contributed by atoms with Crippen LogP contribution in [0.25, 0.3) is 121 Å². The highest BCUT2D eigenvalue weighted by molar-refractivity contribution is 6.25. The molecule has 4 heteroatoms. The molecule has 0 N–H and O–H groups in total. The van der Waals surface area contributed by atoms with E-state index in [1.54, 1.807) is 0 Å². The van der Waals surface area contributed by atoms with Crippen LogP contribution in [-0.2, 0) is 0 Å². The van der Waals surface area contributed by atoms with E-state index in [-0.39, 0.29) is 0 Å². The average Bonchev–Trinajstić information content (AvgIpc) is 3.30. The molecule has 58 heavy (non-hydrogen) atoms. The average molecular weight is 737 g/mol. The summed E-state index contributed by atoms with van der Waals surface area (Å²) in [6.07, 6.45) is 3.70. The summed E-state index contributed by atoms with van der Waals surface area (Å²) in [7, 11) is 0. The zero-order valence-electron chi connectivity index (χ0n) is 31.3. The van der Waals surface area contributed by atoms with Crippen molar-refractivity contribution in [1.29, 1.82) is 0 Å². The predicted octanol–water partition coefficient (Wildman–Crippen LogP) is 14.0. The van der Waals surface area contributed by atoms with Crippen LogP contribution in [0.1, 0.15) is 0 Å². The monoisotopic (exact) mass is 736 g/mol. The zero-order chi connectivity index (χ0) is 38.2. The highest BCUT2D eigenvalue weighted by atomic mass is 14.7. The van der Waals surface area contributed by atoms with Gasteiger partial charge in [-0.25, -0.2) is 9.97 Å². The molecule has 4 heterocycles. The Balaban J connectivity index is 0.880. The minimum atomic E-state index is 0.917. The second kappa shape index (κ2) is 12.9. The van der Waals surface area contributed by atoms with Crippen LogP contribution < -0.4 is 0 Å². The number of aromatic nitrogens is 4. The Hall–Kier alpha value is -7.82. The van der Waals surface area contributed by atoms with E-state index in [4.69, 9.17) is 15.0 Å². The van der Waals surface area contributed by atoms with Gasteiger partial charge in [0.25, 0.3) is 0 Å². The van der Waals surface area contributed by atoms with Crippen molar-refractivity contribution < 1.29 is 0 Å². The summed E-state index contributed by atoms with van der Waals surface area (Å²) in [5, 5.41) is 12.0. The van der Waals surface area contributed by atoms with Crippen molar-refractivity contribution in [3.05, 3.63) is 194 Å². The van der Waals surface area contributed by atoms with Crippen LogP contribution in [0, 0.1) is 0 Å². The lowest BCUT2D eigenvalue weighted by Crippen LogP contribution is -1.90. The highest BCUT2D eigenvalue weighted by Crippen LogP contribution is 2.38. The van der Waals surface area contributed by atoms with Crippen molar-refractivity contribution in [1.82, 2.24) is 19.9 Å². The van der Waals surface area contributed by atoms with Crippen molar-refractivity contribution in [2.24, 2.45) is 0 Å². The molecule has 0 fully saturated rings. The van der Waals surface area contributed by atoms with E-state index in [1.807, 2.05) is 18.5 Å². The Bertz CT molecular complexity index is 3590. The first-order valence-corrected chi connectivity index (χ1v) is 19.6. The Morgan fingerprint density at radius 3 is 1.50 bits per heavy atom. The molecule has 268 valence electrons. The third-order valence-electron chi connectivity index (χ3n) is 11.7. The summed E-state index contributed by atoms with van der Waals surface area (Å²) in [6, 6.07) is 65.0. The fourth-order valence-corrected chi connectivity index (χ4v) is 8.81. The van der Waals surface area contributed by atoms with Gasteiger partial charge in [-0.1, -0.05) is 140 Å². The molecule has 4 aromatic heterocycles. The fourth-order valence-electron chi connectivity index (χ4n) is 8.81. The smallest absolute Gasteiger partial charge is 0.0970 e. The number of benzene rings is 8. The topological polar surface area (TPSA) is 51.6 Å². The number of fused-ring (bicyclic) bond motifs is 11. The molecule has 12 aromatic rings. The normalized spacial score (nSPS) is 11.8. The molecule has 8 aromatic carbocycles. The maximum atomic E-state index is 5.21. The summed E-state index contributed by atoms with van der Waals surface area (Å²) in [4.78, 5) is 19.7. The van der Waals surface area contributed by atoms with Gasteiger partial charge >= 0.3 is 0 Å². The van der Waals surface area contributed by atoms with Gasteiger partial charge in [0, 0.05) is 45.1 Å². The summed E-state index contributed by atoms with van der Waals surface area (Å²) < 4.78 is 0. The van der Waals surface area contributed by atoms with E-state index < -0.39 is 0 Å². The minimum Gasteiger partial charge on any atom is -0.254 e. The second-order valence-electron chi connectivity index (χ2n) is 15.0. The first-order valence-electron chi connectivity index (χ1n) is 19.6. The fraction of sp³-hybridized carbons (Fsp3) is 0. The van der Waals surface area contributed by atoms with Gasteiger partial charge in [0.1, 0.15) is 0 Å². The van der Waals surface area contributed by atoms with Crippen LogP contribution in [0.15, 0.2) is 194 Å². The third kappa shape index (κ3) is 5.23. The van der Waals surface area contributed by atoms with Crippen LogP contribution in [-0.4, -0.2) is 19.9 Å². The molecule has 0 saturated carbocycles. The third-order valence-corrected chi connectivity index (χ3v) is 11.7. The standard InChI is InChI=1S/C54H32N4/c1-2-9-44-42(7-1)43-8-3-4-10-45(43)48-30-38(20-23-46(44)48)39-17-15-35-22-26-50(58-51(35)31-39)40-18-16-36-21-25-49(57-52(36)32-40)34-13-11-33(12-14-34)41-27-29-56-54-47(41)24-19-37-6-5-28-55-53(37)54/h1-32H. The van der Waals surface area contributed by atoms with Crippen molar-refractivity contribution in [3.63, 3.8) is 0 Å². The minimum absolute atomic E-state index is 0.917. The van der Waals surface area contributed by atoms with Gasteiger partial charge in [0.05, 0.1) is 33.5 Å². The van der Waals surface area contributed by atoms with Crippen molar-refractivity contribution in [3.8, 4) is 44.8 Å². The largest absolute Gasteiger partial charge is 0.254 e. The maximum Gasteiger partial charge on any atom is 0.0970 e. The van der Waals surface area contributed by atoms with Gasteiger partial charge in [-0.3, -0.25) is 9.97 Å². The van der Waals surface area contributed by atoms with Gasteiger partial charge in [-0.15, -0.1) is 0 Å². The Morgan fingerprint density at radius 1 is 0.276 bits per heavy atom. The molecule has 0 atom stereocenters. The van der Waals surface area contributed by atoms with Gasteiger partial charge in [0.15, 0.2) is 0 Å². The van der Waals surface area contributed by atoms with E-state index >= 15 is 0 Å². The van der Waals surface area contributed by atoms with Crippen molar-refractivity contribution in [2.45, 2.75) is 0 Å². The molecular weight excluding hydrogens is 705 g/mol. The SMILES string of the molecule is c1cnc2c(c1)ccc1c(-c3ccc(-c4ccc5ccc(-c6ccc7ccc(-c8ccc9c%10ccccc%10c%10ccccc%10c9c8)cc7n6)cc5n4)cc3)ccnc12. The second-order valence-corrected chi connectivity index (χ2v) is 15.0. The van der Waals surface area contributed by atoms with Gasteiger partial charge in [-0.2, -0.15) is 0 Å². The number of hydrogen-bond acceptors (Lipinski definition) is 4. The Kier molecular flexibility index (Phi) is 7.20. The summed E-state index contributed by atoms with van der Waals surface area (Å²) >= 11 is 0. The number of rotatable bonds is 4. The summed E-state index contributed by atoms with van der Waals surface area (Å²) in [5.74, 6) is 0. The lowest BCUT2D eigenvalue weighted by Gasteiger charge is -2.12. The molecule has 0 aliphatic heterocycles. The molecule has 0 bridgehead atoms. The predicted molar refractivity (Wildman–Crippen MR) is 242 cm³/mol. The quantitative estimate of drug-likeness (QED) is 0.169. The van der Waals surface area contributed by atoms with Gasteiger partial charge in [0.2, 0.25) is 0 Å². The molecule has 0 spiro atoms. The van der Waals surface area contributed by atoms with E-state index in [9.17, 15) is 0 Å². The molecule has 4 nitrogen and oxygen atoms in total. The van der Waals surface area contributed by atoms with Crippen LogP contribution in [0.4, 0.5) is 0 Å². The van der Waals surface area contributed by atoms with E-state index in [0.29, 0.717) is 0 Å². The lowest BCUT2D eigenvalue weighted by molar-refractivity contribution is 1.37. The molecular formula is C54H32N4. The van der Waals surface area contributed by atoms with Crippen molar-refractivity contribution in [2.75, 3.05) is 0 Å². The first-order chi connectivity index (χ1) is 28.7. The molecule has 12 rings (SSSR count). The van der Waals surface area contributed by atoms with Crippen LogP contribution >= 0.6 is 0 Å². The van der Waals surface area contributed by atoms with Crippen LogP contribution in [0.2, 0.25) is 0 Å². The zero-order valence-corrected chi connectivity index (χ0v) is 31.3. The number of pyridine rings is 4. The van der Waals surface area contributed by atoms with Gasteiger partial charge < -0.3 is 0 Å². The summed E-state index contributed by atoms with van der Waals surface area (Å²) in [5.41, 5.74) is 12.3.